The molecule has 2 heterocycles. The van der Waals surface area contributed by atoms with E-state index in [1.165, 1.54) is 12.1 Å². The van der Waals surface area contributed by atoms with Gasteiger partial charge in [0.25, 0.3) is 5.91 Å². The Kier molecular flexibility index (Phi) is 5.80. The minimum absolute atomic E-state index is 0. The molecule has 2 aliphatic rings. The summed E-state index contributed by atoms with van der Waals surface area (Å²) in [5, 5.41) is 6.36. The summed E-state index contributed by atoms with van der Waals surface area (Å²) in [5.74, 6) is 0.791. The van der Waals surface area contributed by atoms with Gasteiger partial charge in [-0.05, 0) is 36.1 Å². The predicted octanol–water partition coefficient (Wildman–Crippen LogP) is 2.68. The van der Waals surface area contributed by atoms with Gasteiger partial charge in [0.2, 0.25) is 0 Å². The number of amides is 1. The van der Waals surface area contributed by atoms with Crippen LogP contribution in [0.5, 0.6) is 0 Å². The van der Waals surface area contributed by atoms with E-state index < -0.39 is 0 Å². The highest BCUT2D eigenvalue weighted by molar-refractivity contribution is 5.94. The summed E-state index contributed by atoms with van der Waals surface area (Å²) >= 11 is 0. The first-order valence-corrected chi connectivity index (χ1v) is 7.46. The summed E-state index contributed by atoms with van der Waals surface area (Å²) in [6, 6.07) is 10.1. The van der Waals surface area contributed by atoms with Crippen molar-refractivity contribution < 1.29 is 9.18 Å². The topological polar surface area (TPSA) is 54.0 Å². The fourth-order valence-electron chi connectivity index (χ4n) is 3.21. The van der Waals surface area contributed by atoms with Crippen molar-refractivity contribution in [1.82, 2.24) is 15.6 Å². The highest BCUT2D eigenvalue weighted by Crippen LogP contribution is 2.41. The van der Waals surface area contributed by atoms with Crippen LogP contribution in [-0.2, 0) is 0 Å². The van der Waals surface area contributed by atoms with E-state index in [2.05, 4.69) is 15.6 Å². The van der Waals surface area contributed by atoms with Gasteiger partial charge < -0.3 is 10.6 Å². The lowest BCUT2D eigenvalue weighted by Gasteiger charge is -2.08. The zero-order chi connectivity index (χ0) is 15.1. The molecule has 0 radical (unpaired) electrons. The van der Waals surface area contributed by atoms with Crippen molar-refractivity contribution in [3.63, 3.8) is 0 Å². The van der Waals surface area contributed by atoms with Crippen molar-refractivity contribution in [1.29, 1.82) is 0 Å². The number of pyridine rings is 1. The molecular weight excluding hydrogens is 352 g/mol. The first kappa shape index (κ1) is 18.6. The Bertz CT molecular complexity index is 716. The van der Waals surface area contributed by atoms with Gasteiger partial charge in [-0.25, -0.2) is 4.39 Å². The molecule has 0 spiro atoms. The molecule has 1 saturated carbocycles. The lowest BCUT2D eigenvalue weighted by atomic mass is 10.1. The van der Waals surface area contributed by atoms with Gasteiger partial charge in [0.05, 0.1) is 11.3 Å². The number of carbonyl (C=O) groups excluding carboxylic acids is 1. The van der Waals surface area contributed by atoms with Crippen molar-refractivity contribution in [3.8, 4) is 11.3 Å². The van der Waals surface area contributed by atoms with Crippen molar-refractivity contribution in [3.05, 3.63) is 54.0 Å². The molecular formula is C17H18Cl2FN3O. The number of aromatic nitrogens is 1. The van der Waals surface area contributed by atoms with E-state index in [0.29, 0.717) is 34.7 Å². The van der Waals surface area contributed by atoms with Crippen molar-refractivity contribution in [2.45, 2.75) is 6.04 Å². The number of fused-ring (bicyclic) bond motifs is 1. The van der Waals surface area contributed by atoms with Gasteiger partial charge in [-0.3, -0.25) is 9.78 Å². The van der Waals surface area contributed by atoms with Crippen LogP contribution >= 0.6 is 24.8 Å². The van der Waals surface area contributed by atoms with Crippen LogP contribution in [0.4, 0.5) is 4.39 Å². The van der Waals surface area contributed by atoms with Crippen LogP contribution in [0.1, 0.15) is 10.4 Å². The number of hydrogen-bond donors (Lipinski definition) is 2. The summed E-state index contributed by atoms with van der Waals surface area (Å²) in [4.78, 5) is 16.5. The molecule has 2 aromatic rings. The summed E-state index contributed by atoms with van der Waals surface area (Å²) in [6.45, 7) is 1.98. The van der Waals surface area contributed by atoms with Crippen LogP contribution in [0.15, 0.2) is 42.6 Å². The van der Waals surface area contributed by atoms with E-state index in [0.717, 1.165) is 13.1 Å². The molecule has 4 nitrogen and oxygen atoms in total. The molecule has 24 heavy (non-hydrogen) atoms. The molecule has 0 bridgehead atoms. The number of rotatable bonds is 3. The number of carbonyl (C=O) groups is 1. The van der Waals surface area contributed by atoms with Gasteiger partial charge in [-0.2, -0.15) is 0 Å². The summed E-state index contributed by atoms with van der Waals surface area (Å²) in [6.07, 6.45) is 1.55. The summed E-state index contributed by atoms with van der Waals surface area (Å²) < 4.78 is 13.2. The van der Waals surface area contributed by atoms with E-state index in [4.69, 9.17) is 0 Å². The second kappa shape index (κ2) is 7.47. The average molecular weight is 370 g/mol. The van der Waals surface area contributed by atoms with Crippen molar-refractivity contribution in [2.24, 2.45) is 11.8 Å². The Balaban J connectivity index is 0.00000104. The highest BCUT2D eigenvalue weighted by Gasteiger charge is 2.53. The summed E-state index contributed by atoms with van der Waals surface area (Å²) in [7, 11) is 0. The molecule has 1 aromatic heterocycles. The molecule has 4 rings (SSSR count). The van der Waals surface area contributed by atoms with Crippen LogP contribution in [0.2, 0.25) is 0 Å². The molecule has 1 aliphatic carbocycles. The SMILES string of the molecule is Cl.Cl.O=C(N[C@@H]1[C@@H]2CNC[C@@H]21)c1ccc(-c2cccc(F)c2)nc1. The van der Waals surface area contributed by atoms with Crippen LogP contribution in [0.25, 0.3) is 11.3 Å². The predicted molar refractivity (Wildman–Crippen MR) is 95.2 cm³/mol. The molecule has 0 unspecified atom stereocenters. The second-order valence-corrected chi connectivity index (χ2v) is 5.93. The Labute approximate surface area is 152 Å². The molecule has 2 N–H and O–H groups in total. The van der Waals surface area contributed by atoms with Gasteiger partial charge in [-0.1, -0.05) is 12.1 Å². The van der Waals surface area contributed by atoms with Gasteiger partial charge in [-0.15, -0.1) is 24.8 Å². The van der Waals surface area contributed by atoms with Gasteiger partial charge in [0.1, 0.15) is 5.82 Å². The monoisotopic (exact) mass is 369 g/mol. The molecule has 1 amide bonds. The van der Waals surface area contributed by atoms with E-state index in [1.54, 1.807) is 30.5 Å². The van der Waals surface area contributed by atoms with E-state index >= 15 is 0 Å². The van der Waals surface area contributed by atoms with Crippen LogP contribution in [-0.4, -0.2) is 30.0 Å². The Morgan fingerprint density at radius 2 is 1.92 bits per heavy atom. The normalized spacial score (nSPS) is 23.5. The minimum Gasteiger partial charge on any atom is -0.349 e. The Morgan fingerprint density at radius 1 is 1.17 bits per heavy atom. The first-order chi connectivity index (χ1) is 10.7. The Morgan fingerprint density at radius 3 is 2.54 bits per heavy atom. The number of halogens is 3. The third-order valence-electron chi connectivity index (χ3n) is 4.54. The van der Waals surface area contributed by atoms with Gasteiger partial charge in [0, 0.05) is 30.9 Å². The maximum atomic E-state index is 13.2. The number of hydrogen-bond acceptors (Lipinski definition) is 3. The standard InChI is InChI=1S/C17H16FN3O.2ClH/c18-12-3-1-2-10(6-12)15-5-4-11(7-20-15)17(22)21-16-13-8-19-9-14(13)16;;/h1-7,13-14,16,19H,8-9H2,(H,21,22);2*1H/t13-,14+,16-;;. The van der Waals surface area contributed by atoms with E-state index in [1.807, 2.05) is 0 Å². The highest BCUT2D eigenvalue weighted by atomic mass is 35.5. The molecule has 128 valence electrons. The minimum atomic E-state index is -0.296. The van der Waals surface area contributed by atoms with Crippen LogP contribution in [0.3, 0.4) is 0 Å². The number of nitrogens with one attached hydrogen (secondary N) is 2. The lowest BCUT2D eigenvalue weighted by molar-refractivity contribution is 0.0946. The molecule has 2 fully saturated rings. The van der Waals surface area contributed by atoms with Crippen molar-refractivity contribution >= 4 is 30.7 Å². The maximum Gasteiger partial charge on any atom is 0.253 e. The van der Waals surface area contributed by atoms with Crippen LogP contribution < -0.4 is 10.6 Å². The summed E-state index contributed by atoms with van der Waals surface area (Å²) in [5.41, 5.74) is 1.90. The zero-order valence-corrected chi connectivity index (χ0v) is 14.4. The maximum absolute atomic E-state index is 13.2. The second-order valence-electron chi connectivity index (χ2n) is 5.93. The number of benzene rings is 1. The molecule has 1 saturated heterocycles. The molecule has 3 atom stereocenters. The smallest absolute Gasteiger partial charge is 0.253 e. The largest absolute Gasteiger partial charge is 0.349 e. The fourth-order valence-corrected chi connectivity index (χ4v) is 3.21. The number of nitrogens with zero attached hydrogens (tertiary/aromatic N) is 1. The van der Waals surface area contributed by atoms with Crippen molar-refractivity contribution in [2.75, 3.05) is 13.1 Å². The first-order valence-electron chi connectivity index (χ1n) is 7.46. The number of piperidine rings is 1. The van der Waals surface area contributed by atoms with Crippen LogP contribution in [0, 0.1) is 17.7 Å². The lowest BCUT2D eigenvalue weighted by Crippen LogP contribution is -2.32. The third kappa shape index (κ3) is 3.53. The van der Waals surface area contributed by atoms with Gasteiger partial charge >= 0.3 is 0 Å². The van der Waals surface area contributed by atoms with E-state index in [-0.39, 0.29) is 36.5 Å². The fraction of sp³-hybridized carbons (Fsp3) is 0.294. The van der Waals surface area contributed by atoms with E-state index in [9.17, 15) is 9.18 Å². The quantitative estimate of drug-likeness (QED) is 0.874. The molecule has 1 aliphatic heterocycles. The third-order valence-corrected chi connectivity index (χ3v) is 4.54. The molecule has 7 heteroatoms. The average Bonchev–Trinajstić information content (AvgIpc) is 2.97. The Hall–Kier alpha value is -1.69. The zero-order valence-electron chi connectivity index (χ0n) is 12.7. The molecule has 1 aromatic carbocycles. The van der Waals surface area contributed by atoms with Gasteiger partial charge in [0.15, 0.2) is 0 Å².